The van der Waals surface area contributed by atoms with Gasteiger partial charge in [-0.1, -0.05) is 0 Å². The highest BCUT2D eigenvalue weighted by Crippen LogP contribution is 2.17. The van der Waals surface area contributed by atoms with Crippen LogP contribution in [0.1, 0.15) is 10.5 Å². The number of halogens is 3. The zero-order valence-corrected chi connectivity index (χ0v) is 10.1. The third-order valence-corrected chi connectivity index (χ3v) is 2.45. The molecule has 20 heavy (non-hydrogen) atoms. The highest BCUT2D eigenvalue weighted by molar-refractivity contribution is 5.86. The number of esters is 1. The first-order chi connectivity index (χ1) is 9.45. The van der Waals surface area contributed by atoms with Gasteiger partial charge >= 0.3 is 5.97 Å². The molecule has 0 fully saturated rings. The van der Waals surface area contributed by atoms with E-state index in [0.717, 1.165) is 30.1 Å². The van der Waals surface area contributed by atoms with Crippen LogP contribution in [0.25, 0.3) is 5.69 Å². The van der Waals surface area contributed by atoms with Crippen LogP contribution in [-0.4, -0.2) is 22.9 Å². The van der Waals surface area contributed by atoms with Gasteiger partial charge in [0.05, 0.1) is 7.11 Å². The lowest BCUT2D eigenvalue weighted by molar-refractivity contribution is 0.0590. The maximum Gasteiger partial charge on any atom is 0.362 e. The molecule has 8 heteroatoms. The standard InChI is InChI=1S/C12H7F3N2O3/c1-20-12(19)11-8(18)4-5-17(16-11)7-3-2-6(13)9(14)10(7)15/h2-5H,1H3. The monoisotopic (exact) mass is 284 g/mol. The predicted octanol–water partition coefficient (Wildman–Crippen LogP) is 1.44. The Bertz CT molecular complexity index is 743. The molecular weight excluding hydrogens is 277 g/mol. The number of rotatable bonds is 2. The van der Waals surface area contributed by atoms with Crippen molar-refractivity contribution in [1.29, 1.82) is 0 Å². The van der Waals surface area contributed by atoms with Crippen molar-refractivity contribution >= 4 is 5.97 Å². The smallest absolute Gasteiger partial charge is 0.362 e. The van der Waals surface area contributed by atoms with E-state index < -0.39 is 40.2 Å². The molecule has 0 N–H and O–H groups in total. The van der Waals surface area contributed by atoms with Crippen LogP contribution in [0.15, 0.2) is 29.2 Å². The molecule has 0 saturated carbocycles. The summed E-state index contributed by atoms with van der Waals surface area (Å²) in [5, 5.41) is 3.55. The van der Waals surface area contributed by atoms with Crippen molar-refractivity contribution < 1.29 is 22.7 Å². The van der Waals surface area contributed by atoms with Crippen molar-refractivity contribution in [1.82, 2.24) is 9.78 Å². The number of ether oxygens (including phenoxy) is 1. The Morgan fingerprint density at radius 1 is 1.20 bits per heavy atom. The Morgan fingerprint density at radius 2 is 1.90 bits per heavy atom. The third kappa shape index (κ3) is 2.27. The molecule has 0 aliphatic rings. The summed E-state index contributed by atoms with van der Waals surface area (Å²) < 4.78 is 44.6. The number of hydrogen-bond acceptors (Lipinski definition) is 4. The molecule has 2 rings (SSSR count). The molecular formula is C12H7F3N2O3. The van der Waals surface area contributed by atoms with Crippen LogP contribution in [0.4, 0.5) is 13.2 Å². The summed E-state index contributed by atoms with van der Waals surface area (Å²) in [5.41, 5.74) is -1.79. The van der Waals surface area contributed by atoms with Crippen molar-refractivity contribution in [2.24, 2.45) is 0 Å². The number of benzene rings is 1. The fourth-order valence-electron chi connectivity index (χ4n) is 1.47. The molecule has 5 nitrogen and oxygen atoms in total. The van der Waals surface area contributed by atoms with Crippen LogP contribution in [-0.2, 0) is 4.74 Å². The molecule has 1 aromatic carbocycles. The van der Waals surface area contributed by atoms with E-state index in [2.05, 4.69) is 9.84 Å². The fraction of sp³-hybridized carbons (Fsp3) is 0.0833. The summed E-state index contributed by atoms with van der Waals surface area (Å²) in [7, 11) is 1.04. The van der Waals surface area contributed by atoms with Gasteiger partial charge in [0.2, 0.25) is 11.1 Å². The van der Waals surface area contributed by atoms with Crippen LogP contribution in [0.2, 0.25) is 0 Å². The highest BCUT2D eigenvalue weighted by Gasteiger charge is 2.18. The van der Waals surface area contributed by atoms with Crippen LogP contribution in [0, 0.1) is 17.5 Å². The van der Waals surface area contributed by atoms with Gasteiger partial charge in [0.25, 0.3) is 0 Å². The quantitative estimate of drug-likeness (QED) is 0.618. The van der Waals surface area contributed by atoms with Gasteiger partial charge in [0.1, 0.15) is 5.69 Å². The third-order valence-electron chi connectivity index (χ3n) is 2.45. The summed E-state index contributed by atoms with van der Waals surface area (Å²) >= 11 is 0. The van der Waals surface area contributed by atoms with Gasteiger partial charge in [0, 0.05) is 12.3 Å². The van der Waals surface area contributed by atoms with Crippen LogP contribution >= 0.6 is 0 Å². The molecule has 0 saturated heterocycles. The van der Waals surface area contributed by atoms with E-state index in [1.54, 1.807) is 0 Å². The Kier molecular flexibility index (Phi) is 3.55. The summed E-state index contributed by atoms with van der Waals surface area (Å²) in [6, 6.07) is 2.55. The SMILES string of the molecule is COC(=O)c1nn(-c2ccc(F)c(F)c2F)ccc1=O. The van der Waals surface area contributed by atoms with E-state index in [1.165, 1.54) is 0 Å². The maximum atomic E-state index is 13.6. The topological polar surface area (TPSA) is 61.2 Å². The Balaban J connectivity index is 2.63. The predicted molar refractivity (Wildman–Crippen MR) is 61.0 cm³/mol. The van der Waals surface area contributed by atoms with E-state index in [-0.39, 0.29) is 0 Å². The minimum atomic E-state index is -1.68. The summed E-state index contributed by atoms with van der Waals surface area (Å²) in [6.07, 6.45) is 1.02. The Hall–Kier alpha value is -2.64. The molecule has 0 amide bonds. The summed E-state index contributed by atoms with van der Waals surface area (Å²) in [5.74, 6) is -5.55. The van der Waals surface area contributed by atoms with Gasteiger partial charge in [-0.2, -0.15) is 5.10 Å². The highest BCUT2D eigenvalue weighted by atomic mass is 19.2. The number of hydrogen-bond donors (Lipinski definition) is 0. The average Bonchev–Trinajstić information content (AvgIpc) is 2.45. The molecule has 1 aromatic heterocycles. The molecule has 0 aliphatic carbocycles. The van der Waals surface area contributed by atoms with Gasteiger partial charge in [-0.05, 0) is 12.1 Å². The van der Waals surface area contributed by atoms with Gasteiger partial charge in [0.15, 0.2) is 17.5 Å². The molecule has 0 unspecified atom stereocenters. The van der Waals surface area contributed by atoms with Crippen LogP contribution in [0.5, 0.6) is 0 Å². The van der Waals surface area contributed by atoms with Crippen molar-refractivity contribution in [2.75, 3.05) is 7.11 Å². The molecule has 1 heterocycles. The second-order valence-corrected chi connectivity index (χ2v) is 3.66. The molecule has 0 bridgehead atoms. The second kappa shape index (κ2) is 5.16. The van der Waals surface area contributed by atoms with Crippen LogP contribution in [0.3, 0.4) is 0 Å². The molecule has 0 atom stereocenters. The second-order valence-electron chi connectivity index (χ2n) is 3.66. The van der Waals surface area contributed by atoms with E-state index in [1.807, 2.05) is 0 Å². The lowest BCUT2D eigenvalue weighted by atomic mass is 10.3. The normalized spacial score (nSPS) is 10.4. The largest absolute Gasteiger partial charge is 0.464 e. The summed E-state index contributed by atoms with van der Waals surface area (Å²) in [6.45, 7) is 0. The average molecular weight is 284 g/mol. The lowest BCUT2D eigenvalue weighted by Crippen LogP contribution is -2.22. The van der Waals surface area contributed by atoms with E-state index in [9.17, 15) is 22.8 Å². The van der Waals surface area contributed by atoms with Crippen molar-refractivity contribution in [3.63, 3.8) is 0 Å². The van der Waals surface area contributed by atoms with E-state index in [0.29, 0.717) is 6.07 Å². The van der Waals surface area contributed by atoms with Gasteiger partial charge in [-0.3, -0.25) is 4.79 Å². The first-order valence-corrected chi connectivity index (χ1v) is 5.28. The molecule has 0 radical (unpaired) electrons. The van der Waals surface area contributed by atoms with Crippen LogP contribution < -0.4 is 5.43 Å². The Morgan fingerprint density at radius 3 is 2.55 bits per heavy atom. The number of nitrogens with zero attached hydrogens (tertiary/aromatic N) is 2. The zero-order chi connectivity index (χ0) is 14.9. The number of carbonyl (C=O) groups is 1. The first kappa shape index (κ1) is 13.8. The number of aromatic nitrogens is 2. The molecule has 104 valence electrons. The van der Waals surface area contributed by atoms with Crippen molar-refractivity contribution in [2.45, 2.75) is 0 Å². The van der Waals surface area contributed by atoms with Gasteiger partial charge < -0.3 is 4.74 Å². The zero-order valence-electron chi connectivity index (χ0n) is 10.1. The van der Waals surface area contributed by atoms with Crippen molar-refractivity contribution in [3.8, 4) is 5.69 Å². The fourth-order valence-corrected chi connectivity index (χ4v) is 1.47. The van der Waals surface area contributed by atoms with Gasteiger partial charge in [-0.15, -0.1) is 0 Å². The number of methoxy groups -OCH3 is 1. The van der Waals surface area contributed by atoms with E-state index in [4.69, 9.17) is 0 Å². The molecule has 0 aliphatic heterocycles. The van der Waals surface area contributed by atoms with Gasteiger partial charge in [-0.25, -0.2) is 22.6 Å². The van der Waals surface area contributed by atoms with Crippen molar-refractivity contribution in [3.05, 3.63) is 57.8 Å². The molecule has 0 spiro atoms. The maximum absolute atomic E-state index is 13.6. The van der Waals surface area contributed by atoms with E-state index >= 15 is 0 Å². The molecule has 2 aromatic rings. The minimum Gasteiger partial charge on any atom is -0.464 e. The summed E-state index contributed by atoms with van der Waals surface area (Å²) in [4.78, 5) is 22.7. The first-order valence-electron chi connectivity index (χ1n) is 5.28. The Labute approximate surface area is 110 Å². The lowest BCUT2D eigenvalue weighted by Gasteiger charge is -2.08. The number of carbonyl (C=O) groups excluding carboxylic acids is 1. The minimum absolute atomic E-state index is 0.450.